The van der Waals surface area contributed by atoms with Crippen LogP contribution >= 0.6 is 0 Å². The normalized spacial score (nSPS) is 21.1. The molecule has 7 heteroatoms. The zero-order valence-corrected chi connectivity index (χ0v) is 17.8. The van der Waals surface area contributed by atoms with E-state index in [4.69, 9.17) is 25.7 Å². The third kappa shape index (κ3) is 7.08. The van der Waals surface area contributed by atoms with Gasteiger partial charge in [0.05, 0.1) is 17.8 Å². The summed E-state index contributed by atoms with van der Waals surface area (Å²) in [5, 5.41) is 0. The molecular weight excluding hydrogens is 396 g/mol. The number of fused-ring (bicyclic) bond motifs is 1. The zero-order valence-electron chi connectivity index (χ0n) is 17.8. The first-order valence-corrected chi connectivity index (χ1v) is 10.6. The van der Waals surface area contributed by atoms with Crippen LogP contribution in [-0.4, -0.2) is 37.2 Å². The number of nitrogens with two attached hydrogens (primary N) is 2. The highest BCUT2D eigenvalue weighted by molar-refractivity contribution is 5.95. The molecule has 3 aliphatic rings. The lowest BCUT2D eigenvalue weighted by Crippen LogP contribution is -2.13. The summed E-state index contributed by atoms with van der Waals surface area (Å²) in [6.07, 6.45) is 5.19. The van der Waals surface area contributed by atoms with Gasteiger partial charge in [0.1, 0.15) is 11.5 Å². The van der Waals surface area contributed by atoms with Crippen LogP contribution < -0.4 is 16.2 Å². The third-order valence-electron chi connectivity index (χ3n) is 5.26. The Balaban J connectivity index is 0.000000158. The number of benzene rings is 2. The number of hydrogen-bond donors (Lipinski definition) is 2. The summed E-state index contributed by atoms with van der Waals surface area (Å²) in [6.45, 7) is 3.83. The summed E-state index contributed by atoms with van der Waals surface area (Å²) >= 11 is 0. The first kappa shape index (κ1) is 22.8. The van der Waals surface area contributed by atoms with Gasteiger partial charge >= 0.3 is 0 Å². The number of hydrogen-bond acceptors (Lipinski definition) is 5. The van der Waals surface area contributed by atoms with E-state index in [1.165, 1.54) is 0 Å². The van der Waals surface area contributed by atoms with Crippen molar-refractivity contribution >= 4 is 11.8 Å². The van der Waals surface area contributed by atoms with Crippen molar-refractivity contribution in [1.82, 2.24) is 0 Å². The fourth-order valence-electron chi connectivity index (χ4n) is 3.28. The van der Waals surface area contributed by atoms with E-state index in [1.54, 1.807) is 24.3 Å². The summed E-state index contributed by atoms with van der Waals surface area (Å²) in [4.78, 5) is 21.2. The minimum absolute atomic E-state index is 0.130. The van der Waals surface area contributed by atoms with Gasteiger partial charge in [0.25, 0.3) is 5.91 Å². The minimum atomic E-state index is -0.493. The maximum absolute atomic E-state index is 11.2. The Bertz CT molecular complexity index is 860. The average Bonchev–Trinajstić information content (AvgIpc) is 3.36. The Hall–Kier alpha value is -2.90. The number of amides is 2. The lowest BCUT2D eigenvalue weighted by atomic mass is 10.2. The molecule has 0 bridgehead atoms. The van der Waals surface area contributed by atoms with Gasteiger partial charge in [0.2, 0.25) is 5.91 Å². The highest BCUT2D eigenvalue weighted by Gasteiger charge is 2.33. The van der Waals surface area contributed by atoms with E-state index in [-0.39, 0.29) is 11.8 Å². The molecule has 0 radical (unpaired) electrons. The van der Waals surface area contributed by atoms with E-state index in [9.17, 15) is 9.59 Å². The van der Waals surface area contributed by atoms with Gasteiger partial charge in [-0.25, -0.2) is 0 Å². The lowest BCUT2D eigenvalue weighted by Gasteiger charge is -2.08. The maximum atomic E-state index is 11.2. The van der Waals surface area contributed by atoms with Crippen molar-refractivity contribution in [2.45, 2.75) is 44.8 Å². The first-order chi connectivity index (χ1) is 14.9. The second kappa shape index (κ2) is 10.9. The molecule has 0 spiro atoms. The van der Waals surface area contributed by atoms with Crippen molar-refractivity contribution in [2.75, 3.05) is 13.2 Å². The smallest absolute Gasteiger partial charge is 0.252 e. The van der Waals surface area contributed by atoms with Crippen LogP contribution in [0.15, 0.2) is 48.5 Å². The highest BCUT2D eigenvalue weighted by Crippen LogP contribution is 2.27. The number of carbonyl (C=O) groups is 2. The molecule has 166 valence electrons. The van der Waals surface area contributed by atoms with E-state index >= 15 is 0 Å². The molecule has 5 rings (SSSR count). The summed E-state index contributed by atoms with van der Waals surface area (Å²) in [5.74, 6) is 0.779. The van der Waals surface area contributed by atoms with Crippen molar-refractivity contribution in [2.24, 2.45) is 17.4 Å². The number of primary amides is 2. The average molecular weight is 427 g/mol. The SMILES string of the molecule is C1CC2OCCC2O1.Cc1ccc(Oc2ccccc2C(N)=O)cc1.NC(=O)C1CC1. The number of carbonyl (C=O) groups excluding carboxylic acids is 2. The van der Waals surface area contributed by atoms with Crippen molar-refractivity contribution < 1.29 is 23.8 Å². The zero-order chi connectivity index (χ0) is 22.2. The molecule has 2 unspecified atom stereocenters. The molecule has 2 amide bonds. The standard InChI is InChI=1S/C14H13NO2.C6H10O2.C4H7NO/c1-10-6-8-11(9-7-10)17-13-5-3-2-4-12(13)14(15)16;1-3-7-6-2-4-8-5(1)6;5-4(6)3-1-2-3/h2-9H,1H3,(H2,15,16);5-6H,1-4H2;3H,1-2H2,(H2,5,6). The lowest BCUT2D eigenvalue weighted by molar-refractivity contribution is -0.119. The van der Waals surface area contributed by atoms with Gasteiger partial charge in [-0.15, -0.1) is 0 Å². The second-order valence-electron chi connectivity index (χ2n) is 7.85. The van der Waals surface area contributed by atoms with Crippen molar-refractivity contribution in [3.05, 3.63) is 59.7 Å². The van der Waals surface area contributed by atoms with Gasteiger partial charge in [-0.05, 0) is 56.9 Å². The minimum Gasteiger partial charge on any atom is -0.457 e. The first-order valence-electron chi connectivity index (χ1n) is 10.6. The Kier molecular flexibility index (Phi) is 8.03. The van der Waals surface area contributed by atoms with Gasteiger partial charge in [-0.1, -0.05) is 29.8 Å². The molecule has 1 saturated carbocycles. The van der Waals surface area contributed by atoms with Gasteiger partial charge in [0.15, 0.2) is 0 Å². The molecule has 0 aromatic heterocycles. The molecule has 3 fully saturated rings. The Morgan fingerprint density at radius 3 is 1.94 bits per heavy atom. The molecule has 7 nitrogen and oxygen atoms in total. The largest absolute Gasteiger partial charge is 0.457 e. The van der Waals surface area contributed by atoms with E-state index in [2.05, 4.69) is 0 Å². The van der Waals surface area contributed by atoms with Crippen molar-refractivity contribution in [3.63, 3.8) is 0 Å². The van der Waals surface area contributed by atoms with Crippen molar-refractivity contribution in [3.8, 4) is 11.5 Å². The Morgan fingerprint density at radius 2 is 1.45 bits per heavy atom. The van der Waals surface area contributed by atoms with E-state index in [0.29, 0.717) is 29.3 Å². The van der Waals surface area contributed by atoms with Gasteiger partial charge in [-0.2, -0.15) is 0 Å². The highest BCUT2D eigenvalue weighted by atomic mass is 16.6. The third-order valence-corrected chi connectivity index (χ3v) is 5.26. The van der Waals surface area contributed by atoms with Crippen LogP contribution in [0.1, 0.15) is 41.6 Å². The number of rotatable bonds is 4. The molecular formula is C24H30N2O5. The van der Waals surface area contributed by atoms with Crippen molar-refractivity contribution in [1.29, 1.82) is 0 Å². The van der Waals surface area contributed by atoms with E-state index < -0.39 is 5.91 Å². The fourth-order valence-corrected chi connectivity index (χ4v) is 3.28. The van der Waals surface area contributed by atoms with Crippen LogP contribution in [-0.2, 0) is 14.3 Å². The molecule has 31 heavy (non-hydrogen) atoms. The molecule has 2 aromatic rings. The van der Waals surface area contributed by atoms with E-state index in [1.807, 2.05) is 31.2 Å². The summed E-state index contributed by atoms with van der Waals surface area (Å²) in [6, 6.07) is 14.5. The van der Waals surface area contributed by atoms with Crippen LogP contribution in [0.25, 0.3) is 0 Å². The predicted octanol–water partition coefficient (Wildman–Crippen LogP) is 3.33. The molecule has 1 aliphatic carbocycles. The van der Waals surface area contributed by atoms with Crippen LogP contribution in [0.4, 0.5) is 0 Å². The van der Waals surface area contributed by atoms with Crippen LogP contribution in [0, 0.1) is 12.8 Å². The molecule has 4 N–H and O–H groups in total. The summed E-state index contributed by atoms with van der Waals surface area (Å²) < 4.78 is 16.3. The van der Waals surface area contributed by atoms with Gasteiger partial charge in [0, 0.05) is 19.1 Å². The summed E-state index contributed by atoms with van der Waals surface area (Å²) in [7, 11) is 0. The van der Waals surface area contributed by atoms with Gasteiger partial charge in [-0.3, -0.25) is 9.59 Å². The van der Waals surface area contributed by atoms with Crippen LogP contribution in [0.2, 0.25) is 0 Å². The second-order valence-corrected chi connectivity index (χ2v) is 7.85. The number of para-hydroxylation sites is 1. The number of aryl methyl sites for hydroxylation is 1. The molecule has 2 aromatic carbocycles. The fraction of sp³-hybridized carbons (Fsp3) is 0.417. The monoisotopic (exact) mass is 426 g/mol. The molecule has 2 saturated heterocycles. The summed E-state index contributed by atoms with van der Waals surface area (Å²) in [5.41, 5.74) is 11.7. The maximum Gasteiger partial charge on any atom is 0.252 e. The molecule has 2 atom stereocenters. The van der Waals surface area contributed by atoms with Gasteiger partial charge < -0.3 is 25.7 Å². The number of ether oxygens (including phenoxy) is 3. The molecule has 2 heterocycles. The quantitative estimate of drug-likeness (QED) is 0.778. The topological polar surface area (TPSA) is 114 Å². The molecule has 2 aliphatic heterocycles. The van der Waals surface area contributed by atoms with Crippen LogP contribution in [0.5, 0.6) is 11.5 Å². The van der Waals surface area contributed by atoms with E-state index in [0.717, 1.165) is 44.5 Å². The predicted molar refractivity (Wildman–Crippen MR) is 117 cm³/mol. The Labute approximate surface area is 182 Å². The Morgan fingerprint density at radius 1 is 0.871 bits per heavy atom. The van der Waals surface area contributed by atoms with Crippen LogP contribution in [0.3, 0.4) is 0 Å².